The average Bonchev–Trinajstić information content (AvgIpc) is 2.90. The number of aryl methyl sites for hydroxylation is 2. The van der Waals surface area contributed by atoms with Gasteiger partial charge >= 0.3 is 5.97 Å². The summed E-state index contributed by atoms with van der Waals surface area (Å²) >= 11 is 1.39. The third-order valence-corrected chi connectivity index (χ3v) is 4.47. The van der Waals surface area contributed by atoms with Gasteiger partial charge in [-0.05, 0) is 26.0 Å². The summed E-state index contributed by atoms with van der Waals surface area (Å²) in [5.74, 6) is -1.19. The highest BCUT2D eigenvalue weighted by Gasteiger charge is 2.15. The third kappa shape index (κ3) is 5.12. The van der Waals surface area contributed by atoms with Crippen LogP contribution < -0.4 is 10.6 Å². The van der Waals surface area contributed by atoms with E-state index in [0.29, 0.717) is 16.4 Å². The molecule has 1 aromatic carbocycles. The number of para-hydroxylation sites is 1. The molecule has 2 amide bonds. The van der Waals surface area contributed by atoms with Crippen molar-refractivity contribution in [3.05, 3.63) is 40.4 Å². The first-order valence-corrected chi connectivity index (χ1v) is 8.43. The molecule has 2 aromatic rings. The Morgan fingerprint density at radius 2 is 1.84 bits per heavy atom. The van der Waals surface area contributed by atoms with Gasteiger partial charge in [-0.25, -0.2) is 4.98 Å². The lowest BCUT2D eigenvalue weighted by molar-refractivity contribution is -0.141. The van der Waals surface area contributed by atoms with Gasteiger partial charge in [0, 0.05) is 11.3 Å². The van der Waals surface area contributed by atoms with Gasteiger partial charge in [0.05, 0.1) is 30.5 Å². The van der Waals surface area contributed by atoms with E-state index in [1.165, 1.54) is 18.4 Å². The van der Waals surface area contributed by atoms with Crippen LogP contribution in [0, 0.1) is 13.8 Å². The van der Waals surface area contributed by atoms with E-state index < -0.39 is 5.97 Å². The van der Waals surface area contributed by atoms with E-state index in [-0.39, 0.29) is 24.7 Å². The number of carbonyl (C=O) groups is 3. The minimum Gasteiger partial charge on any atom is -0.469 e. The zero-order chi connectivity index (χ0) is 18.4. The van der Waals surface area contributed by atoms with Crippen LogP contribution in [0.3, 0.4) is 0 Å². The van der Waals surface area contributed by atoms with Crippen molar-refractivity contribution in [1.29, 1.82) is 0 Å². The molecule has 0 spiro atoms. The van der Waals surface area contributed by atoms with E-state index in [4.69, 9.17) is 0 Å². The van der Waals surface area contributed by atoms with E-state index in [1.54, 1.807) is 24.3 Å². The first-order chi connectivity index (χ1) is 11.9. The number of nitrogens with one attached hydrogen (secondary N) is 2. The number of carbonyl (C=O) groups excluding carboxylic acids is 3. The van der Waals surface area contributed by atoms with Crippen LogP contribution in [0.25, 0.3) is 0 Å². The van der Waals surface area contributed by atoms with E-state index >= 15 is 0 Å². The Labute approximate surface area is 149 Å². The van der Waals surface area contributed by atoms with Crippen molar-refractivity contribution in [3.63, 3.8) is 0 Å². The van der Waals surface area contributed by atoms with Gasteiger partial charge in [0.1, 0.15) is 0 Å². The number of amides is 2. The minimum atomic E-state index is -0.462. The second-order valence-corrected chi connectivity index (χ2v) is 6.49. The molecule has 0 fully saturated rings. The van der Waals surface area contributed by atoms with Gasteiger partial charge in [-0.1, -0.05) is 12.1 Å². The standard InChI is InChI=1S/C17H19N3O4S/c1-10-11(2)25-17(18-10)20-16(23)12-6-4-5-7-13(12)19-14(21)8-9-15(22)24-3/h4-7H,8-9H2,1-3H3,(H,19,21)(H,18,20,23). The summed E-state index contributed by atoms with van der Waals surface area (Å²) in [7, 11) is 1.27. The lowest BCUT2D eigenvalue weighted by Crippen LogP contribution is -2.18. The number of rotatable bonds is 6. The van der Waals surface area contributed by atoms with Crippen molar-refractivity contribution in [3.8, 4) is 0 Å². The van der Waals surface area contributed by atoms with Crippen LogP contribution in [0.15, 0.2) is 24.3 Å². The summed E-state index contributed by atoms with van der Waals surface area (Å²) in [5.41, 5.74) is 1.56. The number of aromatic nitrogens is 1. The fourth-order valence-corrected chi connectivity index (χ4v) is 2.82. The summed E-state index contributed by atoms with van der Waals surface area (Å²) in [6, 6.07) is 6.66. The fraction of sp³-hybridized carbons (Fsp3) is 0.294. The first kappa shape index (κ1) is 18.6. The Balaban J connectivity index is 2.07. The second-order valence-electron chi connectivity index (χ2n) is 5.28. The monoisotopic (exact) mass is 361 g/mol. The molecule has 0 radical (unpaired) electrons. The van der Waals surface area contributed by atoms with Crippen molar-refractivity contribution >= 4 is 39.9 Å². The molecule has 1 heterocycles. The van der Waals surface area contributed by atoms with Crippen molar-refractivity contribution in [2.45, 2.75) is 26.7 Å². The third-order valence-electron chi connectivity index (χ3n) is 3.48. The molecule has 7 nitrogen and oxygen atoms in total. The lowest BCUT2D eigenvalue weighted by Gasteiger charge is -2.10. The summed E-state index contributed by atoms with van der Waals surface area (Å²) in [5, 5.41) is 5.89. The highest BCUT2D eigenvalue weighted by molar-refractivity contribution is 7.15. The largest absolute Gasteiger partial charge is 0.469 e. The number of nitrogens with zero attached hydrogens (tertiary/aromatic N) is 1. The molecule has 0 saturated carbocycles. The Bertz CT molecular complexity index is 781. The molecule has 1 aromatic heterocycles. The number of esters is 1. The van der Waals surface area contributed by atoms with Crippen LogP contribution in [-0.4, -0.2) is 29.9 Å². The molecule has 0 atom stereocenters. The quantitative estimate of drug-likeness (QED) is 0.771. The average molecular weight is 361 g/mol. The van der Waals surface area contributed by atoms with Crippen LogP contribution >= 0.6 is 11.3 Å². The summed E-state index contributed by atoms with van der Waals surface area (Å²) in [6.45, 7) is 3.80. The van der Waals surface area contributed by atoms with E-state index in [1.807, 2.05) is 13.8 Å². The number of hydrogen-bond donors (Lipinski definition) is 2. The maximum atomic E-state index is 12.5. The molecule has 0 bridgehead atoms. The molecule has 0 saturated heterocycles. The van der Waals surface area contributed by atoms with Crippen LogP contribution in [0.5, 0.6) is 0 Å². The van der Waals surface area contributed by atoms with Crippen LogP contribution in [0.2, 0.25) is 0 Å². The number of methoxy groups -OCH3 is 1. The predicted octanol–water partition coefficient (Wildman–Crippen LogP) is 2.90. The summed E-state index contributed by atoms with van der Waals surface area (Å²) in [4.78, 5) is 40.8. The molecule has 2 rings (SSSR count). The molecule has 0 aliphatic rings. The van der Waals surface area contributed by atoms with Gasteiger partial charge < -0.3 is 10.1 Å². The van der Waals surface area contributed by atoms with E-state index in [0.717, 1.165) is 10.6 Å². The number of thiazole rings is 1. The molecule has 132 valence electrons. The van der Waals surface area contributed by atoms with Crippen LogP contribution in [0.4, 0.5) is 10.8 Å². The van der Waals surface area contributed by atoms with Crippen LogP contribution in [0.1, 0.15) is 33.8 Å². The van der Waals surface area contributed by atoms with Crippen molar-refractivity contribution in [1.82, 2.24) is 4.98 Å². The number of ether oxygens (including phenoxy) is 1. The molecular weight excluding hydrogens is 342 g/mol. The van der Waals surface area contributed by atoms with Gasteiger partial charge in [-0.2, -0.15) is 0 Å². The van der Waals surface area contributed by atoms with Crippen LogP contribution in [-0.2, 0) is 14.3 Å². The van der Waals surface area contributed by atoms with Gasteiger partial charge in [0.25, 0.3) is 5.91 Å². The number of hydrogen-bond acceptors (Lipinski definition) is 6. The number of anilines is 2. The van der Waals surface area contributed by atoms with Crippen molar-refractivity contribution in [2.75, 3.05) is 17.7 Å². The molecule has 0 aliphatic heterocycles. The normalized spacial score (nSPS) is 10.2. The zero-order valence-corrected chi connectivity index (χ0v) is 15.0. The topological polar surface area (TPSA) is 97.4 Å². The number of benzene rings is 1. The van der Waals surface area contributed by atoms with Crippen molar-refractivity contribution in [2.24, 2.45) is 0 Å². The minimum absolute atomic E-state index is 0.0195. The maximum Gasteiger partial charge on any atom is 0.306 e. The Morgan fingerprint density at radius 3 is 2.48 bits per heavy atom. The molecule has 25 heavy (non-hydrogen) atoms. The van der Waals surface area contributed by atoms with Gasteiger partial charge in [0.15, 0.2) is 5.13 Å². The second kappa shape index (κ2) is 8.39. The smallest absolute Gasteiger partial charge is 0.306 e. The maximum absolute atomic E-state index is 12.5. The molecule has 8 heteroatoms. The predicted molar refractivity (Wildman–Crippen MR) is 95.9 cm³/mol. The summed E-state index contributed by atoms with van der Waals surface area (Å²) in [6.07, 6.45) is -0.0398. The Kier molecular flexibility index (Phi) is 6.24. The van der Waals surface area contributed by atoms with Gasteiger partial charge in [-0.3, -0.25) is 19.7 Å². The SMILES string of the molecule is COC(=O)CCC(=O)Nc1ccccc1C(=O)Nc1nc(C)c(C)s1. The highest BCUT2D eigenvalue weighted by Crippen LogP contribution is 2.23. The van der Waals surface area contributed by atoms with Gasteiger partial charge in [-0.15, -0.1) is 11.3 Å². The van der Waals surface area contributed by atoms with Gasteiger partial charge in [0.2, 0.25) is 5.91 Å². The molecular formula is C17H19N3O4S. The molecule has 0 unspecified atom stereocenters. The lowest BCUT2D eigenvalue weighted by atomic mass is 10.1. The van der Waals surface area contributed by atoms with E-state index in [2.05, 4.69) is 20.4 Å². The fourth-order valence-electron chi connectivity index (χ4n) is 2.01. The first-order valence-electron chi connectivity index (χ1n) is 7.61. The zero-order valence-electron chi connectivity index (χ0n) is 14.2. The summed E-state index contributed by atoms with van der Waals surface area (Å²) < 4.78 is 4.50. The molecule has 2 N–H and O–H groups in total. The molecule has 0 aliphatic carbocycles. The highest BCUT2D eigenvalue weighted by atomic mass is 32.1. The van der Waals surface area contributed by atoms with Crippen molar-refractivity contribution < 1.29 is 19.1 Å². The Hall–Kier alpha value is -2.74. The Morgan fingerprint density at radius 1 is 1.12 bits per heavy atom. The van der Waals surface area contributed by atoms with E-state index in [9.17, 15) is 14.4 Å².